The summed E-state index contributed by atoms with van der Waals surface area (Å²) in [7, 11) is 0. The van der Waals surface area contributed by atoms with Gasteiger partial charge in [-0.3, -0.25) is 4.79 Å². The van der Waals surface area contributed by atoms with Crippen LogP contribution in [0.15, 0.2) is 41.3 Å². The van der Waals surface area contributed by atoms with Gasteiger partial charge < -0.3 is 24.6 Å². The van der Waals surface area contributed by atoms with E-state index in [1.165, 1.54) is 0 Å². The number of halogens is 1. The van der Waals surface area contributed by atoms with E-state index in [-0.39, 0.29) is 30.2 Å². The molecule has 2 N–H and O–H groups in total. The molecule has 0 aliphatic carbocycles. The van der Waals surface area contributed by atoms with Crippen LogP contribution in [0.3, 0.4) is 0 Å². The monoisotopic (exact) mass is 373 g/mol. The summed E-state index contributed by atoms with van der Waals surface area (Å²) in [6.45, 7) is 2.83. The third kappa shape index (κ3) is 3.84. The molecule has 2 aromatic rings. The van der Waals surface area contributed by atoms with Crippen molar-refractivity contribution < 1.29 is 14.2 Å². The van der Waals surface area contributed by atoms with Crippen molar-refractivity contribution in [3.63, 3.8) is 0 Å². The molecular weight excluding hydrogens is 349 g/mol. The second-order valence-electron chi connectivity index (χ2n) is 7.17. The third-order valence-corrected chi connectivity index (χ3v) is 5.38. The lowest BCUT2D eigenvalue weighted by atomic mass is 10.0. The first-order chi connectivity index (χ1) is 13.1. The molecule has 0 spiro atoms. The summed E-state index contributed by atoms with van der Waals surface area (Å²) < 4.78 is 20.5. The van der Waals surface area contributed by atoms with Gasteiger partial charge in [-0.05, 0) is 25.0 Å². The smallest absolute Gasteiger partial charge is 0.248 e. The third-order valence-electron chi connectivity index (χ3n) is 5.38. The lowest BCUT2D eigenvalue weighted by Crippen LogP contribution is -2.54. The minimum absolute atomic E-state index is 0.0903. The fraction of sp³-hybridized carbons (Fsp3) is 0.450. The average Bonchev–Trinajstić information content (AvgIpc) is 2.66. The van der Waals surface area contributed by atoms with Crippen LogP contribution in [0.5, 0.6) is 0 Å². The number of piperidine rings is 1. The van der Waals surface area contributed by atoms with Crippen molar-refractivity contribution in [2.75, 3.05) is 36.0 Å². The van der Waals surface area contributed by atoms with Gasteiger partial charge in [0.25, 0.3) is 0 Å². The Labute approximate surface area is 157 Å². The van der Waals surface area contributed by atoms with Crippen LogP contribution in [0.1, 0.15) is 18.4 Å². The van der Waals surface area contributed by atoms with E-state index in [0.717, 1.165) is 31.6 Å². The van der Waals surface area contributed by atoms with E-state index in [9.17, 15) is 14.3 Å². The number of aliphatic hydroxyl groups excluding tert-OH is 1. The molecule has 2 aliphatic rings. The zero-order chi connectivity index (χ0) is 18.8. The van der Waals surface area contributed by atoms with Gasteiger partial charge in [-0.15, -0.1) is 0 Å². The average molecular weight is 373 g/mol. The molecule has 4 rings (SSSR count). The molecule has 0 atom stereocenters. The number of hydrogen-bond acceptors (Lipinski definition) is 5. The quantitative estimate of drug-likeness (QED) is 0.838. The van der Waals surface area contributed by atoms with Crippen LogP contribution in [0.4, 0.5) is 15.8 Å². The van der Waals surface area contributed by atoms with Gasteiger partial charge in [-0.1, -0.05) is 12.1 Å². The van der Waals surface area contributed by atoms with Crippen molar-refractivity contribution in [3.05, 3.63) is 58.3 Å². The first-order valence-corrected chi connectivity index (χ1v) is 9.36. The maximum absolute atomic E-state index is 14.3. The molecule has 27 heavy (non-hydrogen) atoms. The molecule has 0 saturated carbocycles. The molecule has 3 heterocycles. The molecule has 7 heteroatoms. The SMILES string of the molecule is O=c1ccc(N2CCC(OC3CN(c4cccc(CO)c4F)C3)CC2)c[nH]1. The largest absolute Gasteiger partial charge is 0.392 e. The first kappa shape index (κ1) is 18.0. The molecule has 6 nitrogen and oxygen atoms in total. The van der Waals surface area contributed by atoms with Gasteiger partial charge in [-0.2, -0.15) is 0 Å². The molecule has 144 valence electrons. The number of H-pyrrole nitrogens is 1. The summed E-state index contributed by atoms with van der Waals surface area (Å²) in [6.07, 6.45) is 3.95. The Morgan fingerprint density at radius 2 is 1.89 bits per heavy atom. The highest BCUT2D eigenvalue weighted by Gasteiger charge is 2.33. The summed E-state index contributed by atoms with van der Waals surface area (Å²) in [5.41, 5.74) is 1.80. The van der Waals surface area contributed by atoms with Crippen molar-refractivity contribution in [1.82, 2.24) is 4.98 Å². The van der Waals surface area contributed by atoms with Gasteiger partial charge in [0.2, 0.25) is 5.56 Å². The van der Waals surface area contributed by atoms with Crippen molar-refractivity contribution in [2.24, 2.45) is 0 Å². The maximum atomic E-state index is 14.3. The lowest BCUT2D eigenvalue weighted by molar-refractivity contribution is -0.0360. The number of nitrogens with one attached hydrogen (secondary N) is 1. The number of pyridine rings is 1. The van der Waals surface area contributed by atoms with Crippen LogP contribution in [-0.2, 0) is 11.3 Å². The molecule has 1 aromatic heterocycles. The molecular formula is C20H24FN3O3. The highest BCUT2D eigenvalue weighted by atomic mass is 19.1. The number of aromatic amines is 1. The highest BCUT2D eigenvalue weighted by molar-refractivity contribution is 5.52. The number of aliphatic hydroxyl groups is 1. The highest BCUT2D eigenvalue weighted by Crippen LogP contribution is 2.29. The number of anilines is 2. The fourth-order valence-electron chi connectivity index (χ4n) is 3.77. The van der Waals surface area contributed by atoms with Crippen LogP contribution in [0.2, 0.25) is 0 Å². The summed E-state index contributed by atoms with van der Waals surface area (Å²) in [4.78, 5) is 18.1. The Hall–Kier alpha value is -2.38. The molecule has 0 radical (unpaired) electrons. The summed E-state index contributed by atoms with van der Waals surface area (Å²) in [5, 5.41) is 9.20. The Morgan fingerprint density at radius 3 is 2.56 bits per heavy atom. The van der Waals surface area contributed by atoms with Gasteiger partial charge in [0, 0.05) is 44.0 Å². The van der Waals surface area contributed by atoms with E-state index >= 15 is 0 Å². The predicted molar refractivity (Wildman–Crippen MR) is 102 cm³/mol. The van der Waals surface area contributed by atoms with Crippen molar-refractivity contribution >= 4 is 11.4 Å². The van der Waals surface area contributed by atoms with E-state index in [2.05, 4.69) is 9.88 Å². The molecule has 2 aliphatic heterocycles. The number of hydrogen-bond donors (Lipinski definition) is 2. The molecule has 0 unspecified atom stereocenters. The Kier molecular flexibility index (Phi) is 5.13. The number of nitrogens with zero attached hydrogens (tertiary/aromatic N) is 2. The second kappa shape index (κ2) is 7.70. The van der Waals surface area contributed by atoms with Crippen molar-refractivity contribution in [3.8, 4) is 0 Å². The van der Waals surface area contributed by atoms with E-state index in [0.29, 0.717) is 24.3 Å². The maximum Gasteiger partial charge on any atom is 0.248 e. The van der Waals surface area contributed by atoms with Gasteiger partial charge in [0.05, 0.1) is 30.2 Å². The lowest BCUT2D eigenvalue weighted by Gasteiger charge is -2.44. The minimum Gasteiger partial charge on any atom is -0.392 e. The van der Waals surface area contributed by atoms with E-state index in [1.54, 1.807) is 30.5 Å². The number of aromatic nitrogens is 1. The second-order valence-corrected chi connectivity index (χ2v) is 7.17. The van der Waals surface area contributed by atoms with Crippen molar-refractivity contribution in [2.45, 2.75) is 31.7 Å². The van der Waals surface area contributed by atoms with Crippen LogP contribution in [0.25, 0.3) is 0 Å². The molecule has 1 aromatic carbocycles. The number of benzene rings is 1. The Bertz CT molecular complexity index is 822. The Morgan fingerprint density at radius 1 is 1.11 bits per heavy atom. The molecule has 0 bridgehead atoms. The van der Waals surface area contributed by atoms with E-state index < -0.39 is 0 Å². The molecule has 0 amide bonds. The van der Waals surface area contributed by atoms with Gasteiger partial charge in [-0.25, -0.2) is 4.39 Å². The van der Waals surface area contributed by atoms with Crippen LogP contribution < -0.4 is 15.4 Å². The summed E-state index contributed by atoms with van der Waals surface area (Å²) in [5.74, 6) is -0.340. The molecule has 2 fully saturated rings. The topological polar surface area (TPSA) is 68.8 Å². The Balaban J connectivity index is 1.26. The van der Waals surface area contributed by atoms with E-state index in [4.69, 9.17) is 4.74 Å². The normalized spacial score (nSPS) is 18.6. The van der Waals surface area contributed by atoms with Crippen LogP contribution in [0, 0.1) is 5.82 Å². The van der Waals surface area contributed by atoms with Crippen LogP contribution >= 0.6 is 0 Å². The van der Waals surface area contributed by atoms with Crippen LogP contribution in [-0.4, -0.2) is 48.5 Å². The standard InChI is InChI=1S/C20H24FN3O3/c21-20-14(13-25)2-1-3-18(20)24-11-17(12-24)27-16-6-8-23(9-7-16)15-4-5-19(26)22-10-15/h1-5,10,16-17,25H,6-9,11-13H2,(H,22,26). The number of rotatable bonds is 5. The van der Waals surface area contributed by atoms with E-state index in [1.807, 2.05) is 11.0 Å². The molecule has 2 saturated heterocycles. The summed E-state index contributed by atoms with van der Waals surface area (Å²) in [6, 6.07) is 8.51. The zero-order valence-electron chi connectivity index (χ0n) is 15.1. The van der Waals surface area contributed by atoms with Gasteiger partial charge in [0.1, 0.15) is 0 Å². The van der Waals surface area contributed by atoms with Gasteiger partial charge >= 0.3 is 0 Å². The predicted octanol–water partition coefficient (Wildman–Crippen LogP) is 1.88. The zero-order valence-corrected chi connectivity index (χ0v) is 15.1. The van der Waals surface area contributed by atoms with Gasteiger partial charge in [0.15, 0.2) is 5.82 Å². The minimum atomic E-state index is -0.340. The first-order valence-electron chi connectivity index (χ1n) is 9.36. The number of ether oxygens (including phenoxy) is 1. The van der Waals surface area contributed by atoms with Crippen molar-refractivity contribution in [1.29, 1.82) is 0 Å². The summed E-state index contributed by atoms with van der Waals surface area (Å²) >= 11 is 0. The fourth-order valence-corrected chi connectivity index (χ4v) is 3.77.